The molecular formula is C22H29N3O2. The van der Waals surface area contributed by atoms with Crippen molar-refractivity contribution in [3.05, 3.63) is 36.1 Å². The molecule has 1 aliphatic heterocycles. The molecule has 4 atom stereocenters. The van der Waals surface area contributed by atoms with Crippen LogP contribution in [-0.2, 0) is 4.74 Å². The summed E-state index contributed by atoms with van der Waals surface area (Å²) in [6, 6.07) is 10.8. The molecule has 0 radical (unpaired) electrons. The van der Waals surface area contributed by atoms with Crippen LogP contribution in [0.5, 0.6) is 0 Å². The Morgan fingerprint density at radius 2 is 2.19 bits per heavy atom. The van der Waals surface area contributed by atoms with Crippen LogP contribution in [0.1, 0.15) is 51.3 Å². The third kappa shape index (κ3) is 2.66. The van der Waals surface area contributed by atoms with E-state index in [1.165, 1.54) is 25.7 Å². The van der Waals surface area contributed by atoms with E-state index in [0.717, 1.165) is 35.8 Å². The molecule has 2 N–H and O–H groups in total. The van der Waals surface area contributed by atoms with E-state index in [9.17, 15) is 0 Å². The molecule has 5 rings (SSSR count). The van der Waals surface area contributed by atoms with Gasteiger partial charge in [-0.15, -0.1) is 0 Å². The SMILES string of the molecule is CCN=C(NC(C)c1cc2ccccc2o1)NC1C2CCOC2C12CCC2. The number of ether oxygens (including phenoxy) is 1. The van der Waals surface area contributed by atoms with Gasteiger partial charge >= 0.3 is 0 Å². The maximum atomic E-state index is 6.05. The van der Waals surface area contributed by atoms with E-state index in [1.807, 2.05) is 18.2 Å². The molecule has 144 valence electrons. The van der Waals surface area contributed by atoms with Crippen molar-refractivity contribution in [2.24, 2.45) is 16.3 Å². The molecule has 0 bridgehead atoms. The zero-order valence-corrected chi connectivity index (χ0v) is 16.2. The number of nitrogens with one attached hydrogen (secondary N) is 2. The molecule has 2 heterocycles. The van der Waals surface area contributed by atoms with E-state index in [0.29, 0.717) is 23.5 Å². The Hall–Kier alpha value is -2.01. The quantitative estimate of drug-likeness (QED) is 0.633. The molecule has 2 aliphatic carbocycles. The summed E-state index contributed by atoms with van der Waals surface area (Å²) in [4.78, 5) is 4.72. The lowest BCUT2D eigenvalue weighted by Crippen LogP contribution is -2.72. The van der Waals surface area contributed by atoms with Gasteiger partial charge in [-0.2, -0.15) is 0 Å². The highest BCUT2D eigenvalue weighted by Crippen LogP contribution is 2.62. The summed E-state index contributed by atoms with van der Waals surface area (Å²) in [6.45, 7) is 5.88. The van der Waals surface area contributed by atoms with Crippen molar-refractivity contribution in [2.45, 2.75) is 57.7 Å². The first kappa shape index (κ1) is 17.1. The van der Waals surface area contributed by atoms with Crippen LogP contribution in [0.3, 0.4) is 0 Å². The van der Waals surface area contributed by atoms with Crippen molar-refractivity contribution in [3.8, 4) is 0 Å². The second kappa shape index (κ2) is 6.55. The van der Waals surface area contributed by atoms with Crippen LogP contribution in [0, 0.1) is 11.3 Å². The minimum atomic E-state index is 0.0586. The van der Waals surface area contributed by atoms with Gasteiger partial charge in [-0.1, -0.05) is 24.6 Å². The van der Waals surface area contributed by atoms with Crippen LogP contribution in [0.4, 0.5) is 0 Å². The fraction of sp³-hybridized carbons (Fsp3) is 0.591. The third-order valence-corrected chi connectivity index (χ3v) is 6.87. The summed E-state index contributed by atoms with van der Waals surface area (Å²) < 4.78 is 12.1. The second-order valence-electron chi connectivity index (χ2n) is 8.33. The van der Waals surface area contributed by atoms with E-state index in [4.69, 9.17) is 14.1 Å². The first-order chi connectivity index (χ1) is 13.2. The summed E-state index contributed by atoms with van der Waals surface area (Å²) in [5.41, 5.74) is 1.28. The summed E-state index contributed by atoms with van der Waals surface area (Å²) in [6.07, 6.45) is 5.53. The molecule has 3 aliphatic rings. The number of guanidine groups is 1. The highest BCUT2D eigenvalue weighted by molar-refractivity contribution is 5.81. The molecular weight excluding hydrogens is 338 g/mol. The van der Waals surface area contributed by atoms with Gasteiger partial charge in [0, 0.05) is 35.9 Å². The molecule has 5 nitrogen and oxygen atoms in total. The van der Waals surface area contributed by atoms with Crippen LogP contribution in [-0.4, -0.2) is 31.3 Å². The predicted octanol–water partition coefficient (Wildman–Crippen LogP) is 4.01. The Morgan fingerprint density at radius 1 is 1.33 bits per heavy atom. The number of furan rings is 1. The van der Waals surface area contributed by atoms with Crippen LogP contribution in [0.2, 0.25) is 0 Å². The highest BCUT2D eigenvalue weighted by Gasteiger charge is 2.66. The van der Waals surface area contributed by atoms with E-state index in [1.54, 1.807) is 0 Å². The van der Waals surface area contributed by atoms with Gasteiger partial charge in [0.05, 0.1) is 12.1 Å². The van der Waals surface area contributed by atoms with Crippen LogP contribution in [0.25, 0.3) is 11.0 Å². The lowest BCUT2D eigenvalue weighted by Gasteiger charge is -2.63. The molecule has 1 spiro atoms. The number of benzene rings is 1. The van der Waals surface area contributed by atoms with Gasteiger partial charge in [0.25, 0.3) is 0 Å². The molecule has 1 aromatic heterocycles. The molecule has 2 saturated carbocycles. The molecule has 1 saturated heterocycles. The Morgan fingerprint density at radius 3 is 2.93 bits per heavy atom. The van der Waals surface area contributed by atoms with E-state index < -0.39 is 0 Å². The van der Waals surface area contributed by atoms with Crippen LogP contribution in [0.15, 0.2) is 39.7 Å². The fourth-order valence-electron chi connectivity index (χ4n) is 5.39. The average Bonchev–Trinajstić information content (AvgIpc) is 3.23. The third-order valence-electron chi connectivity index (χ3n) is 6.87. The Bertz CT molecular complexity index is 821. The Balaban J connectivity index is 1.31. The molecule has 2 aromatic rings. The molecule has 27 heavy (non-hydrogen) atoms. The van der Waals surface area contributed by atoms with E-state index >= 15 is 0 Å². The normalized spacial score (nSPS) is 29.9. The van der Waals surface area contributed by atoms with E-state index in [-0.39, 0.29) is 6.04 Å². The van der Waals surface area contributed by atoms with Crippen molar-refractivity contribution >= 4 is 16.9 Å². The smallest absolute Gasteiger partial charge is 0.192 e. The van der Waals surface area contributed by atoms with Crippen molar-refractivity contribution in [1.29, 1.82) is 0 Å². The van der Waals surface area contributed by atoms with Gasteiger partial charge in [0.2, 0.25) is 0 Å². The van der Waals surface area contributed by atoms with Gasteiger partial charge in [-0.25, -0.2) is 0 Å². The van der Waals surface area contributed by atoms with E-state index in [2.05, 4.69) is 36.6 Å². The standard InChI is InChI=1S/C22H29N3O2/c1-3-23-21(24-14(2)18-13-15-7-4-5-8-17(15)27-18)25-19-16-9-12-26-20(16)22(19)10-6-11-22/h4-5,7-8,13-14,16,19-20H,3,6,9-12H2,1-2H3,(H2,23,24,25). The van der Waals surface area contributed by atoms with Gasteiger partial charge in [-0.3, -0.25) is 4.99 Å². The number of nitrogens with zero attached hydrogens (tertiary/aromatic N) is 1. The maximum Gasteiger partial charge on any atom is 0.192 e. The Kier molecular flexibility index (Phi) is 4.15. The minimum absolute atomic E-state index is 0.0586. The van der Waals surface area contributed by atoms with Crippen molar-refractivity contribution < 1.29 is 9.15 Å². The Labute approximate surface area is 160 Å². The molecule has 5 heteroatoms. The minimum Gasteiger partial charge on any atom is -0.459 e. The summed E-state index contributed by atoms with van der Waals surface area (Å²) >= 11 is 0. The first-order valence-electron chi connectivity index (χ1n) is 10.4. The number of fused-ring (bicyclic) bond motifs is 3. The first-order valence-corrected chi connectivity index (χ1v) is 10.4. The largest absolute Gasteiger partial charge is 0.459 e. The van der Waals surface area contributed by atoms with Gasteiger partial charge < -0.3 is 19.8 Å². The number of rotatable bonds is 4. The number of para-hydroxylation sites is 1. The lowest BCUT2D eigenvalue weighted by molar-refractivity contribution is -0.171. The molecule has 1 aromatic carbocycles. The van der Waals surface area contributed by atoms with Crippen molar-refractivity contribution in [2.75, 3.05) is 13.2 Å². The monoisotopic (exact) mass is 367 g/mol. The molecule has 0 amide bonds. The second-order valence-corrected chi connectivity index (χ2v) is 8.33. The lowest BCUT2D eigenvalue weighted by atomic mass is 9.46. The van der Waals surface area contributed by atoms with Crippen LogP contribution >= 0.6 is 0 Å². The summed E-state index contributed by atoms with van der Waals surface area (Å²) in [5.74, 6) is 2.47. The van der Waals surface area contributed by atoms with Gasteiger partial charge in [-0.05, 0) is 45.2 Å². The predicted molar refractivity (Wildman–Crippen MR) is 107 cm³/mol. The zero-order chi connectivity index (χ0) is 18.4. The number of hydrogen-bond acceptors (Lipinski definition) is 3. The molecule has 4 unspecified atom stereocenters. The van der Waals surface area contributed by atoms with Crippen molar-refractivity contribution in [3.63, 3.8) is 0 Å². The van der Waals surface area contributed by atoms with Gasteiger partial charge in [0.1, 0.15) is 11.3 Å². The number of aliphatic imine (C=N–C) groups is 1. The maximum absolute atomic E-state index is 6.05. The molecule has 3 fully saturated rings. The fourth-order valence-corrected chi connectivity index (χ4v) is 5.39. The summed E-state index contributed by atoms with van der Waals surface area (Å²) in [7, 11) is 0. The topological polar surface area (TPSA) is 58.8 Å². The van der Waals surface area contributed by atoms with Gasteiger partial charge in [0.15, 0.2) is 5.96 Å². The zero-order valence-electron chi connectivity index (χ0n) is 16.2. The average molecular weight is 367 g/mol. The highest BCUT2D eigenvalue weighted by atomic mass is 16.5. The van der Waals surface area contributed by atoms with Crippen LogP contribution < -0.4 is 10.6 Å². The van der Waals surface area contributed by atoms with Crippen molar-refractivity contribution in [1.82, 2.24) is 10.6 Å². The summed E-state index contributed by atoms with van der Waals surface area (Å²) in [5, 5.41) is 8.47. The number of hydrogen-bond donors (Lipinski definition) is 2.